The first-order chi connectivity index (χ1) is 20.6. The Hall–Kier alpha value is -3.85. The lowest BCUT2D eigenvalue weighted by atomic mass is 10.0. The fourth-order valence-electron chi connectivity index (χ4n) is 5.13. The molecule has 3 heterocycles. The summed E-state index contributed by atoms with van der Waals surface area (Å²) in [5.74, 6) is 0.847. The maximum atomic E-state index is 14.2. The van der Waals surface area contributed by atoms with Crippen LogP contribution in [0.25, 0.3) is 22.2 Å². The van der Waals surface area contributed by atoms with Crippen molar-refractivity contribution in [2.24, 2.45) is 5.92 Å². The smallest absolute Gasteiger partial charge is 0.264 e. The van der Waals surface area contributed by atoms with Gasteiger partial charge in [-0.05, 0) is 18.5 Å². The molecule has 1 aromatic carbocycles. The van der Waals surface area contributed by atoms with E-state index in [-0.39, 0.29) is 44.6 Å². The van der Waals surface area contributed by atoms with Crippen LogP contribution in [0.4, 0.5) is 5.95 Å². The molecule has 11 nitrogen and oxygen atoms in total. The number of rotatable bonds is 11. The highest BCUT2D eigenvalue weighted by atomic mass is 35.5. The molecule has 1 saturated heterocycles. The molecule has 2 aromatic heterocycles. The molecule has 1 aliphatic heterocycles. The molecule has 1 amide bonds. The van der Waals surface area contributed by atoms with Gasteiger partial charge < -0.3 is 19.7 Å². The minimum atomic E-state index is -0.341. The number of nitrogens with one attached hydrogen (secondary N) is 1. The van der Waals surface area contributed by atoms with E-state index in [1.165, 1.54) is 14.2 Å². The van der Waals surface area contributed by atoms with Crippen LogP contribution in [0.3, 0.4) is 0 Å². The first-order valence-electron chi connectivity index (χ1n) is 13.9. The van der Waals surface area contributed by atoms with Crippen LogP contribution in [-0.4, -0.2) is 83.7 Å². The van der Waals surface area contributed by atoms with Crippen LogP contribution in [0.5, 0.6) is 11.5 Å². The SMILES string of the molecule is CCN(CCn1c(=O)c(-c2c(Cl)c(OC)cc(OC)c2Cl)cc2cnc(NC)nc21)C1CN(C(=O)C(C#N)=CC(C)C)C1. The van der Waals surface area contributed by atoms with E-state index in [1.54, 1.807) is 40.9 Å². The second-order valence-electron chi connectivity index (χ2n) is 10.5. The Morgan fingerprint density at radius 3 is 2.42 bits per heavy atom. The number of allylic oxidation sites excluding steroid dienone is 1. The lowest BCUT2D eigenvalue weighted by molar-refractivity contribution is -0.134. The molecule has 228 valence electrons. The van der Waals surface area contributed by atoms with Gasteiger partial charge in [-0.25, -0.2) is 4.98 Å². The summed E-state index contributed by atoms with van der Waals surface area (Å²) in [6.07, 6.45) is 3.33. The first-order valence-corrected chi connectivity index (χ1v) is 14.7. The normalized spacial score (nSPS) is 13.8. The number of likely N-dealkylation sites (tertiary alicyclic amines) is 1. The maximum absolute atomic E-state index is 14.2. The van der Waals surface area contributed by atoms with E-state index in [0.717, 1.165) is 0 Å². The number of carbonyl (C=O) groups excluding carboxylic acids is 1. The Balaban J connectivity index is 1.69. The molecule has 1 fully saturated rings. The van der Waals surface area contributed by atoms with E-state index in [2.05, 4.69) is 20.2 Å². The van der Waals surface area contributed by atoms with E-state index in [9.17, 15) is 14.9 Å². The molecule has 0 unspecified atom stereocenters. The molecule has 13 heteroatoms. The Kier molecular flexibility index (Phi) is 10.2. The molecule has 0 saturated carbocycles. The number of benzene rings is 1. The van der Waals surface area contributed by atoms with Gasteiger partial charge in [-0.15, -0.1) is 0 Å². The number of nitriles is 1. The van der Waals surface area contributed by atoms with Crippen LogP contribution >= 0.6 is 23.2 Å². The number of methoxy groups -OCH3 is 2. The van der Waals surface area contributed by atoms with E-state index >= 15 is 0 Å². The fourth-order valence-corrected chi connectivity index (χ4v) is 5.83. The van der Waals surface area contributed by atoms with Gasteiger partial charge in [0.15, 0.2) is 0 Å². The van der Waals surface area contributed by atoms with Gasteiger partial charge >= 0.3 is 0 Å². The number of aromatic nitrogens is 3. The standard InChI is InChI=1S/C30H35Cl2N7O4/c1-7-37(20-15-38(16-20)28(40)18(13-33)10-17(2)3)8-9-39-27-19(14-35-30(34-4)36-27)11-21(29(39)41)24-25(31)22(42-5)12-23(43-6)26(24)32/h10-12,14,17,20H,7-9,15-16H2,1-6H3,(H,34,35,36). The van der Waals surface area contributed by atoms with Gasteiger partial charge in [0.25, 0.3) is 11.5 Å². The summed E-state index contributed by atoms with van der Waals surface area (Å²) in [7, 11) is 4.65. The largest absolute Gasteiger partial charge is 0.495 e. The Labute approximate surface area is 260 Å². The zero-order valence-corrected chi connectivity index (χ0v) is 26.6. The minimum absolute atomic E-state index is 0.0899. The molecule has 0 bridgehead atoms. The van der Waals surface area contributed by atoms with E-state index in [1.807, 2.05) is 26.8 Å². The van der Waals surface area contributed by atoms with Gasteiger partial charge in [0.2, 0.25) is 5.95 Å². The average Bonchev–Trinajstić information content (AvgIpc) is 2.97. The van der Waals surface area contributed by atoms with Crippen molar-refractivity contribution in [2.75, 3.05) is 52.8 Å². The summed E-state index contributed by atoms with van der Waals surface area (Å²) in [5.41, 5.74) is 0.824. The summed E-state index contributed by atoms with van der Waals surface area (Å²) in [6.45, 7) is 8.41. The molecule has 3 aromatic rings. The number of hydrogen-bond donors (Lipinski definition) is 1. The van der Waals surface area contributed by atoms with Crippen LogP contribution in [-0.2, 0) is 11.3 Å². The third kappa shape index (κ3) is 6.42. The number of amides is 1. The van der Waals surface area contributed by atoms with Crippen molar-refractivity contribution in [1.82, 2.24) is 24.3 Å². The van der Waals surface area contributed by atoms with Gasteiger partial charge in [-0.1, -0.05) is 50.0 Å². The number of likely N-dealkylation sites (N-methyl/N-ethyl adjacent to an activating group) is 1. The minimum Gasteiger partial charge on any atom is -0.495 e. The van der Waals surface area contributed by atoms with E-state index < -0.39 is 0 Å². The molecule has 43 heavy (non-hydrogen) atoms. The second-order valence-corrected chi connectivity index (χ2v) is 11.2. The predicted molar refractivity (Wildman–Crippen MR) is 168 cm³/mol. The molecule has 0 spiro atoms. The van der Waals surface area contributed by atoms with Gasteiger partial charge in [0, 0.05) is 62.5 Å². The van der Waals surface area contributed by atoms with E-state index in [0.29, 0.717) is 66.8 Å². The van der Waals surface area contributed by atoms with Crippen LogP contribution in [0.1, 0.15) is 20.8 Å². The van der Waals surface area contributed by atoms with Crippen molar-refractivity contribution in [3.8, 4) is 28.7 Å². The zero-order chi connectivity index (χ0) is 31.4. The molecule has 4 rings (SSSR count). The van der Waals surface area contributed by atoms with Crippen molar-refractivity contribution < 1.29 is 14.3 Å². The highest BCUT2D eigenvalue weighted by molar-refractivity contribution is 6.41. The van der Waals surface area contributed by atoms with E-state index in [4.69, 9.17) is 32.7 Å². The fraction of sp³-hybridized carbons (Fsp3) is 0.433. The van der Waals surface area contributed by atoms with Gasteiger partial charge in [-0.2, -0.15) is 10.2 Å². The number of carbonyl (C=O) groups is 1. The summed E-state index contributed by atoms with van der Waals surface area (Å²) < 4.78 is 12.5. The number of pyridine rings is 1. The second kappa shape index (κ2) is 13.6. The van der Waals surface area contributed by atoms with Gasteiger partial charge in [0.05, 0.1) is 29.8 Å². The summed E-state index contributed by atoms with van der Waals surface area (Å²) in [6, 6.07) is 5.36. The average molecular weight is 629 g/mol. The van der Waals surface area contributed by atoms with Crippen molar-refractivity contribution in [3.63, 3.8) is 0 Å². The van der Waals surface area contributed by atoms with Gasteiger partial charge in [-0.3, -0.25) is 19.1 Å². The highest BCUT2D eigenvalue weighted by Crippen LogP contribution is 2.45. The number of nitrogens with zero attached hydrogens (tertiary/aromatic N) is 6. The monoisotopic (exact) mass is 627 g/mol. The molecular formula is C30H35Cl2N7O4. The molecule has 1 aliphatic rings. The number of fused-ring (bicyclic) bond motifs is 1. The number of anilines is 1. The molecule has 0 radical (unpaired) electrons. The quantitative estimate of drug-likeness (QED) is 0.242. The summed E-state index contributed by atoms with van der Waals surface area (Å²) in [5, 5.41) is 13.3. The Morgan fingerprint density at radius 1 is 1.23 bits per heavy atom. The van der Waals surface area contributed by atoms with Crippen LogP contribution in [0, 0.1) is 17.2 Å². The maximum Gasteiger partial charge on any atom is 0.264 e. The predicted octanol–water partition coefficient (Wildman–Crippen LogP) is 4.46. The molecule has 0 atom stereocenters. The Morgan fingerprint density at radius 2 is 1.88 bits per heavy atom. The topological polar surface area (TPSA) is 126 Å². The lowest BCUT2D eigenvalue weighted by Crippen LogP contribution is -2.61. The van der Waals surface area contributed by atoms with Crippen molar-refractivity contribution in [1.29, 1.82) is 5.26 Å². The number of hydrogen-bond acceptors (Lipinski definition) is 9. The summed E-state index contributed by atoms with van der Waals surface area (Å²) >= 11 is 13.4. The van der Waals surface area contributed by atoms with Crippen molar-refractivity contribution in [3.05, 3.63) is 50.4 Å². The van der Waals surface area contributed by atoms with Crippen LogP contribution in [0.2, 0.25) is 10.0 Å². The summed E-state index contributed by atoms with van der Waals surface area (Å²) in [4.78, 5) is 39.8. The van der Waals surface area contributed by atoms with Crippen molar-refractivity contribution >= 4 is 46.1 Å². The number of halogens is 2. The van der Waals surface area contributed by atoms with Crippen molar-refractivity contribution in [2.45, 2.75) is 33.4 Å². The van der Waals surface area contributed by atoms with Crippen LogP contribution in [0.15, 0.2) is 34.8 Å². The molecular weight excluding hydrogens is 593 g/mol. The third-order valence-corrected chi connectivity index (χ3v) is 8.18. The first kappa shape index (κ1) is 32.1. The van der Waals surface area contributed by atoms with Crippen LogP contribution < -0.4 is 20.3 Å². The lowest BCUT2D eigenvalue weighted by Gasteiger charge is -2.45. The molecule has 1 N–H and O–H groups in total. The Bertz CT molecular complexity index is 1630. The molecule has 0 aliphatic carbocycles. The zero-order valence-electron chi connectivity index (χ0n) is 25.1. The number of ether oxygens (including phenoxy) is 2. The highest BCUT2D eigenvalue weighted by Gasteiger charge is 2.35. The third-order valence-electron chi connectivity index (χ3n) is 7.43. The van der Waals surface area contributed by atoms with Gasteiger partial charge in [0.1, 0.15) is 28.8 Å².